The van der Waals surface area contributed by atoms with Crippen LogP contribution in [0.2, 0.25) is 0 Å². The van der Waals surface area contributed by atoms with Crippen LogP contribution in [-0.4, -0.2) is 4.57 Å². The Morgan fingerprint density at radius 2 is 1.44 bits per heavy atom. The highest BCUT2D eigenvalue weighted by Crippen LogP contribution is 2.46. The lowest BCUT2D eigenvalue weighted by Gasteiger charge is -2.32. The van der Waals surface area contributed by atoms with Crippen LogP contribution in [0.1, 0.15) is 34.9 Å². The van der Waals surface area contributed by atoms with Crippen molar-refractivity contribution >= 4 is 60.8 Å². The maximum absolute atomic E-state index is 10.5. The highest BCUT2D eigenvalue weighted by atomic mass is 16.4. The molecule has 234 valence electrons. The molecular formula is C45H27N3O2. The average Bonchev–Trinajstić information content (AvgIpc) is 3.83. The van der Waals surface area contributed by atoms with Gasteiger partial charge in [0.05, 0.1) is 33.9 Å². The van der Waals surface area contributed by atoms with Gasteiger partial charge in [-0.05, 0) is 83.8 Å². The summed E-state index contributed by atoms with van der Waals surface area (Å²) in [5.74, 6) is 0.828. The number of hydrogen-bond acceptors (Lipinski definition) is 4. The van der Waals surface area contributed by atoms with E-state index < -0.39 is 5.41 Å². The Balaban J connectivity index is 1.14. The molecule has 3 aromatic heterocycles. The van der Waals surface area contributed by atoms with Gasteiger partial charge >= 0.3 is 0 Å². The molecule has 0 N–H and O–H groups in total. The number of allylic oxidation sites excluding steroid dienone is 1. The van der Waals surface area contributed by atoms with Crippen molar-refractivity contribution < 1.29 is 8.83 Å². The first-order valence-electron chi connectivity index (χ1n) is 16.7. The van der Waals surface area contributed by atoms with E-state index in [4.69, 9.17) is 8.83 Å². The summed E-state index contributed by atoms with van der Waals surface area (Å²) in [6.45, 7) is 2.23. The predicted molar refractivity (Wildman–Crippen MR) is 199 cm³/mol. The van der Waals surface area contributed by atoms with Crippen LogP contribution in [0, 0.1) is 22.7 Å². The number of nitriles is 2. The summed E-state index contributed by atoms with van der Waals surface area (Å²) >= 11 is 0. The van der Waals surface area contributed by atoms with Crippen LogP contribution in [0.5, 0.6) is 0 Å². The topological polar surface area (TPSA) is 78.8 Å². The summed E-state index contributed by atoms with van der Waals surface area (Å²) in [6.07, 6.45) is 4.96. The predicted octanol–water partition coefficient (Wildman–Crippen LogP) is 11.4. The molecule has 0 saturated carbocycles. The smallest absolute Gasteiger partial charge is 0.178 e. The van der Waals surface area contributed by atoms with Gasteiger partial charge in [0, 0.05) is 37.9 Å². The Bertz CT molecular complexity index is 3000. The van der Waals surface area contributed by atoms with Gasteiger partial charge in [-0.1, -0.05) is 79.7 Å². The molecule has 1 aliphatic rings. The van der Waals surface area contributed by atoms with Gasteiger partial charge in [0.2, 0.25) is 0 Å². The lowest BCUT2D eigenvalue weighted by Crippen LogP contribution is -2.27. The lowest BCUT2D eigenvalue weighted by molar-refractivity contribution is 0.546. The minimum atomic E-state index is -0.469. The van der Waals surface area contributed by atoms with Crippen LogP contribution in [-0.2, 0) is 11.8 Å². The quantitative estimate of drug-likeness (QED) is 0.192. The maximum atomic E-state index is 10.5. The van der Waals surface area contributed by atoms with Gasteiger partial charge in [0.15, 0.2) is 11.2 Å². The third kappa shape index (κ3) is 3.92. The zero-order chi connectivity index (χ0) is 33.6. The Morgan fingerprint density at radius 3 is 2.30 bits per heavy atom. The molecule has 5 nitrogen and oxygen atoms in total. The maximum Gasteiger partial charge on any atom is 0.178 e. The van der Waals surface area contributed by atoms with Gasteiger partial charge in [-0.25, -0.2) is 0 Å². The van der Waals surface area contributed by atoms with E-state index in [2.05, 4.69) is 103 Å². The van der Waals surface area contributed by atoms with Crippen LogP contribution in [0.15, 0.2) is 136 Å². The van der Waals surface area contributed by atoms with Crippen LogP contribution in [0.3, 0.4) is 0 Å². The third-order valence-electron chi connectivity index (χ3n) is 10.5. The Labute approximate surface area is 287 Å². The summed E-state index contributed by atoms with van der Waals surface area (Å²) in [4.78, 5) is 0. The van der Waals surface area contributed by atoms with Crippen LogP contribution in [0.4, 0.5) is 0 Å². The van der Waals surface area contributed by atoms with Gasteiger partial charge in [-0.15, -0.1) is 0 Å². The van der Waals surface area contributed by atoms with Crippen molar-refractivity contribution in [1.82, 2.24) is 4.57 Å². The van der Waals surface area contributed by atoms with Crippen LogP contribution < -0.4 is 0 Å². The number of aromatic nitrogens is 1. The van der Waals surface area contributed by atoms with Crippen molar-refractivity contribution in [2.75, 3.05) is 0 Å². The van der Waals surface area contributed by atoms with Crippen molar-refractivity contribution in [1.29, 1.82) is 10.5 Å². The van der Waals surface area contributed by atoms with Gasteiger partial charge in [0.25, 0.3) is 0 Å². The third-order valence-corrected chi connectivity index (χ3v) is 10.5. The van der Waals surface area contributed by atoms with E-state index in [0.29, 0.717) is 17.5 Å². The number of rotatable bonds is 3. The van der Waals surface area contributed by atoms with Crippen molar-refractivity contribution in [3.05, 3.63) is 155 Å². The van der Waals surface area contributed by atoms with Crippen LogP contribution in [0.25, 0.3) is 77.6 Å². The molecule has 10 rings (SSSR count). The first-order valence-corrected chi connectivity index (χ1v) is 16.7. The molecule has 3 heterocycles. The zero-order valence-electron chi connectivity index (χ0n) is 27.1. The van der Waals surface area contributed by atoms with Gasteiger partial charge < -0.3 is 13.4 Å². The van der Waals surface area contributed by atoms with Gasteiger partial charge in [-0.2, -0.15) is 10.5 Å². The fourth-order valence-electron chi connectivity index (χ4n) is 8.08. The number of furan rings is 2. The second kappa shape index (κ2) is 10.3. The Hall–Kier alpha value is -6.82. The first-order chi connectivity index (χ1) is 24.5. The van der Waals surface area contributed by atoms with Crippen molar-refractivity contribution in [2.24, 2.45) is 0 Å². The van der Waals surface area contributed by atoms with E-state index >= 15 is 0 Å². The Kier molecular flexibility index (Phi) is 5.83. The molecule has 50 heavy (non-hydrogen) atoms. The molecule has 1 atom stereocenters. The Morgan fingerprint density at radius 1 is 0.640 bits per heavy atom. The van der Waals surface area contributed by atoms with Gasteiger partial charge in [-0.3, -0.25) is 0 Å². The van der Waals surface area contributed by atoms with Crippen molar-refractivity contribution in [3.8, 4) is 29.0 Å². The van der Waals surface area contributed by atoms with E-state index in [0.717, 1.165) is 88.4 Å². The number of fused-ring (bicyclic) bond motifs is 10. The number of hydrogen-bond donors (Lipinski definition) is 0. The van der Waals surface area contributed by atoms with Crippen molar-refractivity contribution in [3.63, 3.8) is 0 Å². The first kappa shape index (κ1) is 28.2. The van der Waals surface area contributed by atoms with E-state index in [1.165, 1.54) is 0 Å². The molecule has 1 unspecified atom stereocenters. The highest BCUT2D eigenvalue weighted by molar-refractivity contribution is 6.15. The molecule has 0 fully saturated rings. The molecule has 0 bridgehead atoms. The molecule has 5 heteroatoms. The molecule has 0 saturated heterocycles. The standard InChI is InChI=1S/C45H27N3O2/c1-45(37-12-7-10-30(26-47)42(37)48-38-13-6-5-11-31(38)34-22-27(25-46)14-18-39(34)48)21-20-41-36(24-45)33-17-16-32-35-23-29(28-8-3-2-4-9-28)15-19-40(35)49-43(32)44(33)50-41/h2-23H,24H2,1H3. The molecule has 6 aromatic carbocycles. The molecule has 0 aliphatic heterocycles. The summed E-state index contributed by atoms with van der Waals surface area (Å²) < 4.78 is 15.3. The van der Waals surface area contributed by atoms with E-state index in [9.17, 15) is 10.5 Å². The van der Waals surface area contributed by atoms with E-state index in [1.807, 2.05) is 54.6 Å². The highest BCUT2D eigenvalue weighted by Gasteiger charge is 2.35. The zero-order valence-corrected chi connectivity index (χ0v) is 27.1. The number of benzene rings is 6. The average molecular weight is 642 g/mol. The fraction of sp³-hybridized carbons (Fsp3) is 0.0667. The fourth-order valence-corrected chi connectivity index (χ4v) is 8.08. The van der Waals surface area contributed by atoms with Crippen molar-refractivity contribution in [2.45, 2.75) is 18.8 Å². The van der Waals surface area contributed by atoms with Gasteiger partial charge in [0.1, 0.15) is 17.4 Å². The minimum absolute atomic E-state index is 0.469. The summed E-state index contributed by atoms with van der Waals surface area (Å²) in [5.41, 5.74) is 10.3. The molecular weight excluding hydrogens is 615 g/mol. The normalized spacial score (nSPS) is 15.6. The lowest BCUT2D eigenvalue weighted by atomic mass is 9.72. The second-order valence-electron chi connectivity index (χ2n) is 13.4. The molecule has 9 aromatic rings. The summed E-state index contributed by atoms with van der Waals surface area (Å²) in [7, 11) is 0. The molecule has 1 aliphatic carbocycles. The number of para-hydroxylation sites is 2. The number of nitrogens with zero attached hydrogens (tertiary/aromatic N) is 3. The van der Waals surface area contributed by atoms with E-state index in [1.54, 1.807) is 0 Å². The summed E-state index contributed by atoms with van der Waals surface area (Å²) in [6, 6.07) is 45.8. The SMILES string of the molecule is CC1(c2cccc(C#N)c2-n2c3ccccc3c3cc(C#N)ccc32)C=Cc2oc3c(ccc4c5cc(-c6ccccc6)ccc5oc43)c2C1. The molecule has 0 spiro atoms. The minimum Gasteiger partial charge on any atom is -0.452 e. The summed E-state index contributed by atoms with van der Waals surface area (Å²) in [5, 5.41) is 25.3. The van der Waals surface area contributed by atoms with E-state index in [-0.39, 0.29) is 0 Å². The van der Waals surface area contributed by atoms with Crippen LogP contribution >= 0.6 is 0 Å². The largest absolute Gasteiger partial charge is 0.452 e. The molecule has 0 radical (unpaired) electrons. The molecule has 0 amide bonds. The monoisotopic (exact) mass is 641 g/mol. The second-order valence-corrected chi connectivity index (χ2v) is 13.4.